The van der Waals surface area contributed by atoms with Crippen molar-refractivity contribution < 1.29 is 24.2 Å². The highest BCUT2D eigenvalue weighted by atomic mass is 16.5. The van der Waals surface area contributed by atoms with Gasteiger partial charge in [0.1, 0.15) is 12.4 Å². The van der Waals surface area contributed by atoms with Gasteiger partial charge in [-0.2, -0.15) is 0 Å². The third kappa shape index (κ3) is 8.47. The van der Waals surface area contributed by atoms with Crippen molar-refractivity contribution in [1.29, 1.82) is 0 Å². The quantitative estimate of drug-likeness (QED) is 0.602. The smallest absolute Gasteiger partial charge is 0.303 e. The first-order valence-corrected chi connectivity index (χ1v) is 12.0. The van der Waals surface area contributed by atoms with Gasteiger partial charge >= 0.3 is 5.97 Å². The molecule has 184 valence electrons. The third-order valence-electron chi connectivity index (χ3n) is 5.63. The van der Waals surface area contributed by atoms with Gasteiger partial charge in [0, 0.05) is 44.6 Å². The second-order valence-electron chi connectivity index (χ2n) is 9.16. The molecule has 2 aromatic carbocycles. The molecule has 1 aliphatic heterocycles. The van der Waals surface area contributed by atoms with Crippen LogP contribution in [0.25, 0.3) is 0 Å². The number of benzene rings is 2. The van der Waals surface area contributed by atoms with Crippen molar-refractivity contribution in [1.82, 2.24) is 10.2 Å². The summed E-state index contributed by atoms with van der Waals surface area (Å²) in [6.07, 6.45) is 1.08. The van der Waals surface area contributed by atoms with Crippen LogP contribution in [0.15, 0.2) is 42.5 Å². The van der Waals surface area contributed by atoms with E-state index in [-0.39, 0.29) is 12.3 Å². The number of carboxylic acids is 1. The van der Waals surface area contributed by atoms with Crippen LogP contribution in [0.4, 0.5) is 0 Å². The molecule has 0 fully saturated rings. The molecule has 1 aliphatic rings. The van der Waals surface area contributed by atoms with E-state index in [1.54, 1.807) is 6.07 Å². The Morgan fingerprint density at radius 3 is 2.71 bits per heavy atom. The second kappa shape index (κ2) is 13.1. The molecule has 0 atom stereocenters. The van der Waals surface area contributed by atoms with E-state index in [0.29, 0.717) is 50.7 Å². The number of ether oxygens (including phenoxy) is 2. The summed E-state index contributed by atoms with van der Waals surface area (Å²) < 4.78 is 11.8. The lowest BCUT2D eigenvalue weighted by molar-refractivity contribution is -0.137. The molecule has 7 nitrogen and oxygen atoms in total. The number of fused-ring (bicyclic) bond motifs is 3. The van der Waals surface area contributed by atoms with Crippen LogP contribution in [0.3, 0.4) is 0 Å². The maximum absolute atomic E-state index is 12.6. The fraction of sp³-hybridized carbons (Fsp3) is 0.481. The maximum Gasteiger partial charge on any atom is 0.303 e. The van der Waals surface area contributed by atoms with Gasteiger partial charge in [-0.3, -0.25) is 14.5 Å². The first-order valence-electron chi connectivity index (χ1n) is 12.0. The van der Waals surface area contributed by atoms with E-state index in [0.717, 1.165) is 30.9 Å². The Hall–Kier alpha value is -2.90. The number of rotatable bonds is 7. The number of amides is 1. The van der Waals surface area contributed by atoms with Crippen molar-refractivity contribution in [3.05, 3.63) is 64.7 Å². The van der Waals surface area contributed by atoms with Gasteiger partial charge in [-0.05, 0) is 47.2 Å². The largest absolute Gasteiger partial charge is 0.491 e. The molecule has 2 aromatic rings. The molecule has 3 rings (SSSR count). The normalized spacial score (nSPS) is 15.1. The molecule has 1 amide bonds. The summed E-state index contributed by atoms with van der Waals surface area (Å²) in [6, 6.07) is 14.0. The highest BCUT2D eigenvalue weighted by Gasteiger charge is 2.14. The van der Waals surface area contributed by atoms with Gasteiger partial charge in [-0.15, -0.1) is 0 Å². The second-order valence-corrected chi connectivity index (χ2v) is 9.16. The molecule has 0 radical (unpaired) electrons. The Morgan fingerprint density at radius 1 is 1.09 bits per heavy atom. The molecule has 0 aromatic heterocycles. The van der Waals surface area contributed by atoms with E-state index >= 15 is 0 Å². The summed E-state index contributed by atoms with van der Waals surface area (Å²) in [7, 11) is 0. The number of hydrogen-bond acceptors (Lipinski definition) is 5. The summed E-state index contributed by atoms with van der Waals surface area (Å²) in [5.74, 6) is 0.242. The molecular weight excluding hydrogens is 432 g/mol. The van der Waals surface area contributed by atoms with E-state index < -0.39 is 5.97 Å². The molecule has 0 aliphatic carbocycles. The Bertz CT molecular complexity index is 960. The predicted molar refractivity (Wildman–Crippen MR) is 131 cm³/mol. The Kier molecular flexibility index (Phi) is 9.91. The zero-order valence-electron chi connectivity index (χ0n) is 20.2. The molecule has 1 heterocycles. The summed E-state index contributed by atoms with van der Waals surface area (Å²) in [6.45, 7) is 9.15. The summed E-state index contributed by atoms with van der Waals surface area (Å²) in [5, 5.41) is 11.6. The van der Waals surface area contributed by atoms with Crippen LogP contribution in [0, 0.1) is 5.92 Å². The Morgan fingerprint density at radius 2 is 1.91 bits per heavy atom. The minimum absolute atomic E-state index is 0.0331. The standard InChI is InChI=1S/C27H36N2O5/c1-20(2)18-29-11-12-33-13-14-34-25-9-8-23(27(32)28-10-4-7-26(30)31)17-24(25)16-21-5-3-6-22(15-21)19-29/h3,5-6,8-9,15,17,20H,4,7,10-14,16,18-19H2,1-2H3,(H,28,32)(H,30,31). The number of hydrogen-bond donors (Lipinski definition) is 2. The topological polar surface area (TPSA) is 88.1 Å². The van der Waals surface area contributed by atoms with Crippen LogP contribution in [-0.4, -0.2) is 61.3 Å². The summed E-state index contributed by atoms with van der Waals surface area (Å²) in [5.41, 5.74) is 3.89. The minimum Gasteiger partial charge on any atom is -0.491 e. The lowest BCUT2D eigenvalue weighted by atomic mass is 9.99. The van der Waals surface area contributed by atoms with Crippen LogP contribution in [0.1, 0.15) is 53.7 Å². The van der Waals surface area contributed by atoms with Crippen LogP contribution >= 0.6 is 0 Å². The number of aliphatic carboxylic acids is 1. The average molecular weight is 469 g/mol. The monoisotopic (exact) mass is 468 g/mol. The predicted octanol–water partition coefficient (Wildman–Crippen LogP) is 3.74. The SMILES string of the molecule is CC(C)CN1CCOCCOc2ccc(C(=O)NCCCC(=O)O)cc2Cc2cccc(c2)C1. The van der Waals surface area contributed by atoms with Crippen molar-refractivity contribution in [2.24, 2.45) is 5.92 Å². The highest BCUT2D eigenvalue weighted by molar-refractivity contribution is 5.94. The van der Waals surface area contributed by atoms with Crippen molar-refractivity contribution >= 4 is 11.9 Å². The van der Waals surface area contributed by atoms with E-state index in [4.69, 9.17) is 14.6 Å². The van der Waals surface area contributed by atoms with Gasteiger partial charge < -0.3 is 19.9 Å². The molecule has 2 N–H and O–H groups in total. The van der Waals surface area contributed by atoms with E-state index in [9.17, 15) is 9.59 Å². The molecular formula is C27H36N2O5. The number of nitrogens with one attached hydrogen (secondary N) is 1. The molecule has 0 unspecified atom stereocenters. The van der Waals surface area contributed by atoms with E-state index in [2.05, 4.69) is 48.3 Å². The van der Waals surface area contributed by atoms with Gasteiger partial charge in [0.2, 0.25) is 0 Å². The fourth-order valence-electron chi connectivity index (χ4n) is 4.12. The maximum atomic E-state index is 12.6. The lowest BCUT2D eigenvalue weighted by Crippen LogP contribution is -2.31. The lowest BCUT2D eigenvalue weighted by Gasteiger charge is -2.25. The minimum atomic E-state index is -0.865. The zero-order chi connectivity index (χ0) is 24.3. The number of nitrogens with zero attached hydrogens (tertiary/aromatic N) is 1. The van der Waals surface area contributed by atoms with E-state index in [1.165, 1.54) is 11.1 Å². The summed E-state index contributed by atoms with van der Waals surface area (Å²) >= 11 is 0. The van der Waals surface area contributed by atoms with Crippen LogP contribution in [0.5, 0.6) is 5.75 Å². The zero-order valence-corrected chi connectivity index (χ0v) is 20.2. The number of carbonyl (C=O) groups is 2. The fourth-order valence-corrected chi connectivity index (χ4v) is 4.12. The van der Waals surface area contributed by atoms with Crippen molar-refractivity contribution in [2.45, 2.75) is 39.7 Å². The molecule has 7 heteroatoms. The van der Waals surface area contributed by atoms with E-state index in [1.807, 2.05) is 12.1 Å². The van der Waals surface area contributed by atoms with Crippen LogP contribution in [0.2, 0.25) is 0 Å². The summed E-state index contributed by atoms with van der Waals surface area (Å²) in [4.78, 5) is 25.7. The average Bonchev–Trinajstić information content (AvgIpc) is 2.78. The van der Waals surface area contributed by atoms with Crippen LogP contribution < -0.4 is 10.1 Å². The van der Waals surface area contributed by atoms with Crippen molar-refractivity contribution in [3.63, 3.8) is 0 Å². The number of carbonyl (C=O) groups excluding carboxylic acids is 1. The van der Waals surface area contributed by atoms with Crippen LogP contribution in [-0.2, 0) is 22.5 Å². The van der Waals surface area contributed by atoms with Gasteiger partial charge in [0.25, 0.3) is 5.91 Å². The molecule has 0 saturated heterocycles. The first kappa shape index (κ1) is 25.7. The Labute approximate surface area is 202 Å². The molecule has 34 heavy (non-hydrogen) atoms. The van der Waals surface area contributed by atoms with Gasteiger partial charge in [-0.1, -0.05) is 38.1 Å². The van der Waals surface area contributed by atoms with Gasteiger partial charge in [-0.25, -0.2) is 0 Å². The molecule has 0 spiro atoms. The molecule has 2 bridgehead atoms. The first-order chi connectivity index (χ1) is 16.4. The van der Waals surface area contributed by atoms with Gasteiger partial charge in [0.05, 0.1) is 13.2 Å². The van der Waals surface area contributed by atoms with Crippen molar-refractivity contribution in [2.75, 3.05) is 39.5 Å². The van der Waals surface area contributed by atoms with Crippen molar-refractivity contribution in [3.8, 4) is 5.75 Å². The van der Waals surface area contributed by atoms with Gasteiger partial charge in [0.15, 0.2) is 0 Å². The molecule has 0 saturated carbocycles. The highest BCUT2D eigenvalue weighted by Crippen LogP contribution is 2.24. The Balaban J connectivity index is 1.79. The third-order valence-corrected chi connectivity index (χ3v) is 5.63. The number of carboxylic acid groups (broad SMARTS) is 1.